The molecule has 0 N–H and O–H groups in total. The molecule has 0 amide bonds. The first-order valence-corrected chi connectivity index (χ1v) is 10.0. The van der Waals surface area contributed by atoms with Crippen molar-refractivity contribution in [1.29, 1.82) is 0 Å². The Bertz CT molecular complexity index is 954. The Kier molecular flexibility index (Phi) is 5.76. The van der Waals surface area contributed by atoms with Crippen molar-refractivity contribution < 1.29 is 8.42 Å². The van der Waals surface area contributed by atoms with Crippen LogP contribution >= 0.6 is 11.6 Å². The minimum atomic E-state index is -3.65. The standard InChI is InChI=1S/C19H20ClN3O2S/c1-22-13-12-18(21-22)15-23(14-11-16-5-3-2-4-6-16)26(24,25)19-9-7-17(20)8-10-19/h2-10,12-13H,11,14-15H2,1H3. The van der Waals surface area contributed by atoms with Crippen LogP contribution in [0.3, 0.4) is 0 Å². The number of sulfonamides is 1. The Morgan fingerprint density at radius 2 is 1.73 bits per heavy atom. The summed E-state index contributed by atoms with van der Waals surface area (Å²) in [4.78, 5) is 0.228. The van der Waals surface area contributed by atoms with E-state index in [4.69, 9.17) is 11.6 Å². The predicted octanol–water partition coefficient (Wildman–Crippen LogP) is 3.51. The van der Waals surface area contributed by atoms with E-state index in [0.717, 1.165) is 5.56 Å². The summed E-state index contributed by atoms with van der Waals surface area (Å²) in [6, 6.07) is 17.9. The minimum Gasteiger partial charge on any atom is -0.276 e. The first kappa shape index (κ1) is 18.6. The molecule has 0 fully saturated rings. The van der Waals surface area contributed by atoms with Gasteiger partial charge in [-0.25, -0.2) is 8.42 Å². The van der Waals surface area contributed by atoms with Crippen molar-refractivity contribution in [2.75, 3.05) is 6.54 Å². The van der Waals surface area contributed by atoms with Crippen LogP contribution in [0.4, 0.5) is 0 Å². The molecule has 0 bridgehead atoms. The summed E-state index contributed by atoms with van der Waals surface area (Å²) in [6.45, 7) is 0.587. The number of hydrogen-bond acceptors (Lipinski definition) is 3. The van der Waals surface area contributed by atoms with E-state index in [1.165, 1.54) is 16.4 Å². The maximum absolute atomic E-state index is 13.1. The highest BCUT2D eigenvalue weighted by molar-refractivity contribution is 7.89. The molecular weight excluding hydrogens is 370 g/mol. The highest BCUT2D eigenvalue weighted by Crippen LogP contribution is 2.20. The van der Waals surface area contributed by atoms with Crippen molar-refractivity contribution in [2.24, 2.45) is 7.05 Å². The molecule has 1 aromatic heterocycles. The molecule has 136 valence electrons. The monoisotopic (exact) mass is 389 g/mol. The van der Waals surface area contributed by atoms with E-state index in [-0.39, 0.29) is 11.4 Å². The van der Waals surface area contributed by atoms with E-state index in [2.05, 4.69) is 5.10 Å². The lowest BCUT2D eigenvalue weighted by Crippen LogP contribution is -2.32. The van der Waals surface area contributed by atoms with Crippen LogP contribution in [0.5, 0.6) is 0 Å². The highest BCUT2D eigenvalue weighted by atomic mass is 35.5. The summed E-state index contributed by atoms with van der Waals surface area (Å²) in [6.07, 6.45) is 2.43. The largest absolute Gasteiger partial charge is 0.276 e. The second-order valence-corrected chi connectivity index (χ2v) is 8.38. The first-order chi connectivity index (χ1) is 12.4. The highest BCUT2D eigenvalue weighted by Gasteiger charge is 2.25. The third kappa shape index (κ3) is 4.52. The van der Waals surface area contributed by atoms with Gasteiger partial charge in [0.05, 0.1) is 17.1 Å². The van der Waals surface area contributed by atoms with Gasteiger partial charge in [0.25, 0.3) is 0 Å². The number of benzene rings is 2. The van der Waals surface area contributed by atoms with Crippen molar-refractivity contribution in [1.82, 2.24) is 14.1 Å². The topological polar surface area (TPSA) is 55.2 Å². The smallest absolute Gasteiger partial charge is 0.243 e. The van der Waals surface area contributed by atoms with Crippen molar-refractivity contribution >= 4 is 21.6 Å². The van der Waals surface area contributed by atoms with E-state index in [9.17, 15) is 8.42 Å². The second kappa shape index (κ2) is 8.03. The van der Waals surface area contributed by atoms with Gasteiger partial charge < -0.3 is 0 Å². The molecule has 26 heavy (non-hydrogen) atoms. The predicted molar refractivity (Wildman–Crippen MR) is 102 cm³/mol. The molecule has 5 nitrogen and oxygen atoms in total. The van der Waals surface area contributed by atoms with Crippen molar-refractivity contribution in [2.45, 2.75) is 17.9 Å². The van der Waals surface area contributed by atoms with Gasteiger partial charge in [-0.1, -0.05) is 41.9 Å². The fourth-order valence-electron chi connectivity index (χ4n) is 2.67. The van der Waals surface area contributed by atoms with Crippen LogP contribution in [0.15, 0.2) is 71.8 Å². The Hall–Kier alpha value is -2.15. The Morgan fingerprint density at radius 1 is 1.04 bits per heavy atom. The average molecular weight is 390 g/mol. The van der Waals surface area contributed by atoms with Crippen LogP contribution in [-0.2, 0) is 30.0 Å². The molecule has 0 unspecified atom stereocenters. The lowest BCUT2D eigenvalue weighted by Gasteiger charge is -2.21. The summed E-state index contributed by atoms with van der Waals surface area (Å²) in [5, 5.41) is 4.82. The third-order valence-electron chi connectivity index (χ3n) is 4.05. The normalized spacial score (nSPS) is 11.8. The molecule has 1 heterocycles. The SMILES string of the molecule is Cn1ccc(CN(CCc2ccccc2)S(=O)(=O)c2ccc(Cl)cc2)n1. The van der Waals surface area contributed by atoms with Crippen LogP contribution in [0.2, 0.25) is 5.02 Å². The Morgan fingerprint density at radius 3 is 2.35 bits per heavy atom. The fraction of sp³-hybridized carbons (Fsp3) is 0.211. The molecule has 0 saturated heterocycles. The van der Waals surface area contributed by atoms with Gasteiger partial charge in [-0.2, -0.15) is 9.40 Å². The molecular formula is C19H20ClN3O2S. The van der Waals surface area contributed by atoms with Gasteiger partial charge in [-0.15, -0.1) is 0 Å². The maximum atomic E-state index is 13.1. The molecule has 0 aliphatic heterocycles. The van der Waals surface area contributed by atoms with Crippen LogP contribution in [0, 0.1) is 0 Å². The molecule has 0 aliphatic carbocycles. The minimum absolute atomic E-state index is 0.221. The summed E-state index contributed by atoms with van der Waals surface area (Å²) in [7, 11) is -1.84. The van der Waals surface area contributed by atoms with E-state index >= 15 is 0 Å². The summed E-state index contributed by atoms with van der Waals surface area (Å²) in [5.41, 5.74) is 1.79. The summed E-state index contributed by atoms with van der Waals surface area (Å²) in [5.74, 6) is 0. The van der Waals surface area contributed by atoms with Crippen LogP contribution in [0.1, 0.15) is 11.3 Å². The fourth-order valence-corrected chi connectivity index (χ4v) is 4.20. The molecule has 0 radical (unpaired) electrons. The van der Waals surface area contributed by atoms with Gasteiger partial charge in [-0.3, -0.25) is 4.68 Å². The van der Waals surface area contributed by atoms with E-state index in [1.807, 2.05) is 43.4 Å². The quantitative estimate of drug-likeness (QED) is 0.621. The van der Waals surface area contributed by atoms with E-state index in [1.54, 1.807) is 23.0 Å². The van der Waals surface area contributed by atoms with Crippen LogP contribution in [-0.4, -0.2) is 29.0 Å². The Labute approximate surface area is 158 Å². The van der Waals surface area contributed by atoms with Gasteiger partial charge in [0.2, 0.25) is 10.0 Å². The van der Waals surface area contributed by atoms with Gasteiger partial charge in [0.15, 0.2) is 0 Å². The molecule has 3 aromatic rings. The lowest BCUT2D eigenvalue weighted by atomic mass is 10.1. The number of hydrogen-bond donors (Lipinski definition) is 0. The summed E-state index contributed by atoms with van der Waals surface area (Å²) < 4.78 is 29.4. The van der Waals surface area contributed by atoms with E-state index < -0.39 is 10.0 Å². The first-order valence-electron chi connectivity index (χ1n) is 8.23. The molecule has 7 heteroatoms. The zero-order chi connectivity index (χ0) is 18.6. The Balaban J connectivity index is 1.86. The molecule has 2 aromatic carbocycles. The number of aryl methyl sites for hydroxylation is 1. The maximum Gasteiger partial charge on any atom is 0.243 e. The molecule has 0 saturated carbocycles. The average Bonchev–Trinajstić information content (AvgIpc) is 3.04. The van der Waals surface area contributed by atoms with Gasteiger partial charge >= 0.3 is 0 Å². The van der Waals surface area contributed by atoms with Gasteiger partial charge in [-0.05, 0) is 42.3 Å². The molecule has 3 rings (SSSR count). The zero-order valence-corrected chi connectivity index (χ0v) is 16.0. The zero-order valence-electron chi connectivity index (χ0n) is 14.4. The number of aromatic nitrogens is 2. The van der Waals surface area contributed by atoms with Crippen molar-refractivity contribution in [3.05, 3.63) is 83.1 Å². The van der Waals surface area contributed by atoms with Crippen molar-refractivity contribution in [3.63, 3.8) is 0 Å². The number of rotatable bonds is 7. The third-order valence-corrected chi connectivity index (χ3v) is 6.16. The lowest BCUT2D eigenvalue weighted by molar-refractivity contribution is 0.403. The van der Waals surface area contributed by atoms with Crippen LogP contribution < -0.4 is 0 Å². The molecule has 0 spiro atoms. The van der Waals surface area contributed by atoms with E-state index in [0.29, 0.717) is 23.7 Å². The molecule has 0 atom stereocenters. The van der Waals surface area contributed by atoms with Crippen LogP contribution in [0.25, 0.3) is 0 Å². The second-order valence-electron chi connectivity index (χ2n) is 6.01. The number of nitrogens with zero attached hydrogens (tertiary/aromatic N) is 3. The van der Waals surface area contributed by atoms with Crippen molar-refractivity contribution in [3.8, 4) is 0 Å². The van der Waals surface area contributed by atoms with Gasteiger partial charge in [0.1, 0.15) is 0 Å². The van der Waals surface area contributed by atoms with Gasteiger partial charge in [0, 0.05) is 24.8 Å². The number of halogens is 1. The summed E-state index contributed by atoms with van der Waals surface area (Å²) >= 11 is 5.89. The molecule has 0 aliphatic rings.